The van der Waals surface area contributed by atoms with Gasteiger partial charge in [-0.3, -0.25) is 9.59 Å². The van der Waals surface area contributed by atoms with Crippen LogP contribution in [0.25, 0.3) is 0 Å². The van der Waals surface area contributed by atoms with Crippen molar-refractivity contribution in [2.45, 2.75) is 13.0 Å². The molecule has 0 fully saturated rings. The second-order valence-corrected chi connectivity index (χ2v) is 6.87. The summed E-state index contributed by atoms with van der Waals surface area (Å²) in [5.41, 5.74) is 2.56. The lowest BCUT2D eigenvalue weighted by molar-refractivity contribution is -0.144. The summed E-state index contributed by atoms with van der Waals surface area (Å²) in [6, 6.07) is 21.1. The third-order valence-corrected chi connectivity index (χ3v) is 4.74. The molecule has 0 radical (unpaired) electrons. The Labute approximate surface area is 173 Å². The molecule has 3 rings (SSSR count). The van der Waals surface area contributed by atoms with Gasteiger partial charge in [0.2, 0.25) is 0 Å². The summed E-state index contributed by atoms with van der Waals surface area (Å²) < 4.78 is 5.28. The van der Waals surface area contributed by atoms with Crippen molar-refractivity contribution in [2.24, 2.45) is 0 Å². The molecule has 0 unspecified atom stereocenters. The Kier molecular flexibility index (Phi) is 6.69. The third-order valence-electron chi connectivity index (χ3n) is 4.03. The first-order chi connectivity index (χ1) is 13.5. The highest BCUT2D eigenvalue weighted by Gasteiger charge is 2.12. The predicted molar refractivity (Wildman–Crippen MR) is 111 cm³/mol. The molecule has 3 aromatic rings. The smallest absolute Gasteiger partial charge is 0.310 e. The largest absolute Gasteiger partial charge is 0.461 e. The van der Waals surface area contributed by atoms with E-state index >= 15 is 0 Å². The normalized spacial score (nSPS) is 10.4. The number of benzene rings is 3. The summed E-state index contributed by atoms with van der Waals surface area (Å²) in [6.07, 6.45) is -0.00390. The van der Waals surface area contributed by atoms with Crippen molar-refractivity contribution in [3.05, 3.63) is 99.5 Å². The summed E-state index contributed by atoms with van der Waals surface area (Å²) in [7, 11) is 0. The van der Waals surface area contributed by atoms with Gasteiger partial charge in [-0.1, -0.05) is 59.6 Å². The molecule has 0 aliphatic rings. The van der Waals surface area contributed by atoms with Gasteiger partial charge in [0.15, 0.2) is 0 Å². The molecule has 1 amide bonds. The standard InChI is InChI=1S/C22H17Cl2NO3/c23-19-7-4-8-20(24)18(19)13-21(26)28-14-15-9-11-16(12-10-15)22(27)25-17-5-2-1-3-6-17/h1-12H,13-14H2,(H,25,27). The summed E-state index contributed by atoms with van der Waals surface area (Å²) in [6.45, 7) is 0.0987. The van der Waals surface area contributed by atoms with Gasteiger partial charge < -0.3 is 10.1 Å². The number of para-hydroxylation sites is 1. The maximum absolute atomic E-state index is 12.2. The van der Waals surface area contributed by atoms with E-state index < -0.39 is 5.97 Å². The zero-order valence-electron chi connectivity index (χ0n) is 14.8. The van der Waals surface area contributed by atoms with Crippen molar-refractivity contribution >= 4 is 40.8 Å². The zero-order chi connectivity index (χ0) is 19.9. The molecular weight excluding hydrogens is 397 g/mol. The minimum absolute atomic E-state index is 0.00390. The van der Waals surface area contributed by atoms with Crippen LogP contribution in [-0.4, -0.2) is 11.9 Å². The van der Waals surface area contributed by atoms with Crippen LogP contribution in [0, 0.1) is 0 Å². The number of rotatable bonds is 6. The van der Waals surface area contributed by atoms with E-state index in [2.05, 4.69) is 5.32 Å². The average molecular weight is 414 g/mol. The maximum Gasteiger partial charge on any atom is 0.310 e. The second kappa shape index (κ2) is 9.40. The summed E-state index contributed by atoms with van der Waals surface area (Å²) in [5.74, 6) is -0.635. The van der Waals surface area contributed by atoms with Crippen molar-refractivity contribution in [3.63, 3.8) is 0 Å². The fourth-order valence-corrected chi connectivity index (χ4v) is 3.07. The second-order valence-electron chi connectivity index (χ2n) is 6.05. The molecule has 0 saturated heterocycles. The molecule has 142 valence electrons. The summed E-state index contributed by atoms with van der Waals surface area (Å²) in [5, 5.41) is 3.67. The summed E-state index contributed by atoms with van der Waals surface area (Å²) >= 11 is 12.1. The van der Waals surface area contributed by atoms with E-state index in [0.717, 1.165) is 11.3 Å². The quantitative estimate of drug-likeness (QED) is 0.540. The fourth-order valence-electron chi connectivity index (χ4n) is 2.54. The van der Waals surface area contributed by atoms with Crippen LogP contribution in [0.15, 0.2) is 72.8 Å². The third kappa shape index (κ3) is 5.35. The van der Waals surface area contributed by atoms with Gasteiger partial charge in [-0.05, 0) is 42.0 Å². The van der Waals surface area contributed by atoms with E-state index in [4.69, 9.17) is 27.9 Å². The highest BCUT2D eigenvalue weighted by Crippen LogP contribution is 2.25. The first-order valence-electron chi connectivity index (χ1n) is 8.57. The number of nitrogens with one attached hydrogen (secondary N) is 1. The maximum atomic E-state index is 12.2. The minimum Gasteiger partial charge on any atom is -0.461 e. The van der Waals surface area contributed by atoms with Gasteiger partial charge in [0.25, 0.3) is 5.91 Å². The number of carbonyl (C=O) groups is 2. The molecule has 0 aliphatic heterocycles. The molecule has 1 N–H and O–H groups in total. The number of amides is 1. The van der Waals surface area contributed by atoms with Crippen molar-refractivity contribution in [1.82, 2.24) is 0 Å². The number of carbonyl (C=O) groups excluding carboxylic acids is 2. The van der Waals surface area contributed by atoms with Gasteiger partial charge in [-0.15, -0.1) is 0 Å². The number of hydrogen-bond donors (Lipinski definition) is 1. The Morgan fingerprint density at radius 1 is 0.821 bits per heavy atom. The van der Waals surface area contributed by atoms with Crippen molar-refractivity contribution < 1.29 is 14.3 Å². The molecule has 28 heavy (non-hydrogen) atoms. The first kappa shape index (κ1) is 19.9. The lowest BCUT2D eigenvalue weighted by Gasteiger charge is -2.09. The van der Waals surface area contributed by atoms with Crippen LogP contribution in [0.2, 0.25) is 10.0 Å². The van der Waals surface area contributed by atoms with E-state index in [1.807, 2.05) is 30.3 Å². The lowest BCUT2D eigenvalue weighted by Crippen LogP contribution is -2.12. The van der Waals surface area contributed by atoms with Crippen LogP contribution < -0.4 is 5.32 Å². The van der Waals surface area contributed by atoms with Crippen LogP contribution in [0.4, 0.5) is 5.69 Å². The van der Waals surface area contributed by atoms with E-state index in [0.29, 0.717) is 21.2 Å². The average Bonchev–Trinajstić information content (AvgIpc) is 2.70. The predicted octanol–water partition coefficient (Wildman–Crippen LogP) is 5.53. The van der Waals surface area contributed by atoms with E-state index in [1.165, 1.54) is 0 Å². The van der Waals surface area contributed by atoms with Crippen molar-refractivity contribution in [1.29, 1.82) is 0 Å². The molecule has 0 bridgehead atoms. The molecule has 0 aromatic heterocycles. The van der Waals surface area contributed by atoms with Gasteiger partial charge >= 0.3 is 5.97 Å². The zero-order valence-corrected chi connectivity index (χ0v) is 16.3. The van der Waals surface area contributed by atoms with Crippen LogP contribution >= 0.6 is 23.2 Å². The van der Waals surface area contributed by atoms with Crippen LogP contribution in [0.5, 0.6) is 0 Å². The molecule has 0 heterocycles. The Balaban J connectivity index is 1.54. The monoisotopic (exact) mass is 413 g/mol. The number of hydrogen-bond acceptors (Lipinski definition) is 3. The Bertz CT molecular complexity index is 953. The molecule has 3 aromatic carbocycles. The van der Waals surface area contributed by atoms with Crippen LogP contribution in [-0.2, 0) is 22.6 Å². The fraction of sp³-hybridized carbons (Fsp3) is 0.0909. The van der Waals surface area contributed by atoms with E-state index in [9.17, 15) is 9.59 Å². The minimum atomic E-state index is -0.430. The first-order valence-corrected chi connectivity index (χ1v) is 9.32. The van der Waals surface area contributed by atoms with Gasteiger partial charge in [0.05, 0.1) is 6.42 Å². The Morgan fingerprint density at radius 2 is 1.46 bits per heavy atom. The number of ether oxygens (including phenoxy) is 1. The summed E-state index contributed by atoms with van der Waals surface area (Å²) in [4.78, 5) is 24.3. The van der Waals surface area contributed by atoms with Gasteiger partial charge in [0, 0.05) is 26.9 Å². The number of halogens is 2. The van der Waals surface area contributed by atoms with Crippen molar-refractivity contribution in [3.8, 4) is 0 Å². The molecular formula is C22H17Cl2NO3. The Morgan fingerprint density at radius 3 is 2.11 bits per heavy atom. The van der Waals surface area contributed by atoms with Crippen LogP contribution in [0.3, 0.4) is 0 Å². The van der Waals surface area contributed by atoms with Gasteiger partial charge in [-0.2, -0.15) is 0 Å². The van der Waals surface area contributed by atoms with Gasteiger partial charge in [-0.25, -0.2) is 0 Å². The van der Waals surface area contributed by atoms with E-state index in [-0.39, 0.29) is 18.9 Å². The highest BCUT2D eigenvalue weighted by molar-refractivity contribution is 6.36. The molecule has 0 aliphatic carbocycles. The number of esters is 1. The topological polar surface area (TPSA) is 55.4 Å². The highest BCUT2D eigenvalue weighted by atomic mass is 35.5. The molecule has 4 nitrogen and oxygen atoms in total. The SMILES string of the molecule is O=C(Cc1c(Cl)cccc1Cl)OCc1ccc(C(=O)Nc2ccccc2)cc1. The van der Waals surface area contributed by atoms with Crippen molar-refractivity contribution in [2.75, 3.05) is 5.32 Å². The molecule has 0 saturated carbocycles. The molecule has 0 spiro atoms. The van der Waals surface area contributed by atoms with E-state index in [1.54, 1.807) is 42.5 Å². The Hall–Kier alpha value is -2.82. The number of anilines is 1. The van der Waals surface area contributed by atoms with Crippen LogP contribution in [0.1, 0.15) is 21.5 Å². The van der Waals surface area contributed by atoms with Gasteiger partial charge in [0.1, 0.15) is 6.61 Å². The molecule has 0 atom stereocenters. The molecule has 6 heteroatoms. The lowest BCUT2D eigenvalue weighted by atomic mass is 10.1.